The molecule has 0 radical (unpaired) electrons. The van der Waals surface area contributed by atoms with Crippen LogP contribution in [0.1, 0.15) is 178 Å². The van der Waals surface area contributed by atoms with Gasteiger partial charge in [-0.2, -0.15) is 0 Å². The van der Waals surface area contributed by atoms with Crippen molar-refractivity contribution in [1.82, 2.24) is 0 Å². The highest BCUT2D eigenvalue weighted by molar-refractivity contribution is 5.79. The molecule has 1 rings (SSSR count). The Hall–Kier alpha value is -3.21. The van der Waals surface area contributed by atoms with Crippen molar-refractivity contribution < 1.29 is 23.9 Å². The Morgan fingerprint density at radius 1 is 0.479 bits per heavy atom. The molecule has 0 fully saturated rings. The molecule has 0 spiro atoms. The van der Waals surface area contributed by atoms with Crippen molar-refractivity contribution in [3.05, 3.63) is 72.4 Å². The smallest absolute Gasteiger partial charge is 0.311 e. The van der Waals surface area contributed by atoms with Crippen LogP contribution in [0.4, 0.5) is 0 Å². The van der Waals surface area contributed by atoms with Crippen LogP contribution >= 0.6 is 0 Å². The van der Waals surface area contributed by atoms with Crippen molar-refractivity contribution in [1.29, 1.82) is 0 Å². The van der Waals surface area contributed by atoms with Crippen molar-refractivity contribution in [2.45, 2.75) is 168 Å². The average Bonchev–Trinajstić information content (AvgIpc) is 3.08. The van der Waals surface area contributed by atoms with Crippen LogP contribution < -0.4 is 9.47 Å². The van der Waals surface area contributed by atoms with E-state index in [2.05, 4.69) is 62.5 Å². The number of carbonyl (C=O) groups is 3. The minimum atomic E-state index is -0.342. The maximum Gasteiger partial charge on any atom is 0.311 e. The summed E-state index contributed by atoms with van der Waals surface area (Å²) in [4.78, 5) is 36.3. The molecule has 0 aliphatic heterocycles. The van der Waals surface area contributed by atoms with E-state index in [1.807, 2.05) is 0 Å². The van der Waals surface area contributed by atoms with Gasteiger partial charge in [0.1, 0.15) is 17.8 Å². The third-order valence-corrected chi connectivity index (χ3v) is 8.16. The van der Waals surface area contributed by atoms with E-state index in [9.17, 15) is 14.4 Å². The van der Waals surface area contributed by atoms with Gasteiger partial charge in [-0.05, 0) is 89.2 Å². The summed E-state index contributed by atoms with van der Waals surface area (Å²) in [5.74, 6) is -0.226. The van der Waals surface area contributed by atoms with Gasteiger partial charge in [0.05, 0.1) is 0 Å². The Balaban J connectivity index is 2.17. The minimum absolute atomic E-state index is 0.229. The molecule has 5 heteroatoms. The molecule has 0 aliphatic rings. The van der Waals surface area contributed by atoms with Crippen molar-refractivity contribution in [3.8, 4) is 11.5 Å². The second kappa shape index (κ2) is 32.3. The van der Waals surface area contributed by atoms with Gasteiger partial charge in [-0.3, -0.25) is 14.4 Å². The number of hydrogen-bond donors (Lipinski definition) is 0. The molecular formula is C43H66O5. The number of rotatable bonds is 31. The standard InChI is InChI=1S/C43H66O5/c1-3-5-7-9-11-13-15-17-19-21-23-25-27-29-31-33-42(45)47-40-35-39(38-44)36-41(37-40)48-43(46)34-32-30-28-26-24-22-20-18-16-14-12-10-8-6-4-2/h11-14,17-20,35-38H,3-10,15-16,21-34H2,1-2H3/b13-11-,14-12-,19-17-,20-18-. The predicted molar refractivity (Wildman–Crippen MR) is 202 cm³/mol. The summed E-state index contributed by atoms with van der Waals surface area (Å²) in [5, 5.41) is 0. The molecule has 0 unspecified atom stereocenters. The summed E-state index contributed by atoms with van der Waals surface area (Å²) in [5.41, 5.74) is 0.303. The molecule has 5 nitrogen and oxygen atoms in total. The zero-order valence-corrected chi connectivity index (χ0v) is 30.4. The number of unbranched alkanes of at least 4 members (excludes halogenated alkanes) is 16. The molecule has 0 amide bonds. The molecule has 268 valence electrons. The van der Waals surface area contributed by atoms with Gasteiger partial charge in [-0.15, -0.1) is 0 Å². The summed E-state index contributed by atoms with van der Waals surface area (Å²) in [6.45, 7) is 4.46. The Bertz CT molecular complexity index is 1000. The molecule has 0 saturated heterocycles. The summed E-state index contributed by atoms with van der Waals surface area (Å²) in [6, 6.07) is 4.51. The van der Waals surface area contributed by atoms with Crippen LogP contribution in [-0.2, 0) is 9.59 Å². The normalized spacial score (nSPS) is 11.8. The second-order valence-corrected chi connectivity index (χ2v) is 12.8. The van der Waals surface area contributed by atoms with Crippen LogP contribution in [0.5, 0.6) is 11.5 Å². The average molecular weight is 663 g/mol. The maximum absolute atomic E-state index is 12.4. The Morgan fingerprint density at radius 3 is 1.21 bits per heavy atom. The molecule has 0 atom stereocenters. The molecule has 1 aromatic rings. The zero-order valence-electron chi connectivity index (χ0n) is 30.4. The first-order valence-corrected chi connectivity index (χ1v) is 19.2. The van der Waals surface area contributed by atoms with Crippen LogP contribution in [0.15, 0.2) is 66.8 Å². The molecule has 0 heterocycles. The van der Waals surface area contributed by atoms with E-state index < -0.39 is 0 Å². The van der Waals surface area contributed by atoms with Crippen LogP contribution in [-0.4, -0.2) is 18.2 Å². The summed E-state index contributed by atoms with van der Waals surface area (Å²) in [6.07, 6.45) is 44.1. The number of hydrogen-bond acceptors (Lipinski definition) is 5. The first kappa shape index (κ1) is 42.8. The second-order valence-electron chi connectivity index (χ2n) is 12.8. The van der Waals surface area contributed by atoms with Crippen LogP contribution in [0.3, 0.4) is 0 Å². The number of aldehydes is 1. The highest BCUT2D eigenvalue weighted by Gasteiger charge is 2.11. The van der Waals surface area contributed by atoms with E-state index in [1.165, 1.54) is 69.6 Å². The lowest BCUT2D eigenvalue weighted by Gasteiger charge is -2.09. The third kappa shape index (κ3) is 26.8. The van der Waals surface area contributed by atoms with Gasteiger partial charge < -0.3 is 9.47 Å². The summed E-state index contributed by atoms with van der Waals surface area (Å²) >= 11 is 0. The number of carbonyl (C=O) groups excluding carboxylic acids is 3. The lowest BCUT2D eigenvalue weighted by atomic mass is 10.1. The van der Waals surface area contributed by atoms with Gasteiger partial charge in [0.25, 0.3) is 0 Å². The van der Waals surface area contributed by atoms with E-state index >= 15 is 0 Å². The van der Waals surface area contributed by atoms with Gasteiger partial charge >= 0.3 is 11.9 Å². The van der Waals surface area contributed by atoms with E-state index in [4.69, 9.17) is 9.47 Å². The Kier molecular flexibility index (Phi) is 28.8. The van der Waals surface area contributed by atoms with Gasteiger partial charge in [0.15, 0.2) is 0 Å². The molecule has 0 aliphatic carbocycles. The Morgan fingerprint density at radius 2 is 0.833 bits per heavy atom. The topological polar surface area (TPSA) is 69.7 Å². The molecule has 48 heavy (non-hydrogen) atoms. The van der Waals surface area contributed by atoms with Crippen LogP contribution in [0, 0.1) is 0 Å². The van der Waals surface area contributed by atoms with E-state index in [1.54, 1.807) is 0 Å². The van der Waals surface area contributed by atoms with Crippen molar-refractivity contribution >= 4 is 18.2 Å². The van der Waals surface area contributed by atoms with Crippen molar-refractivity contribution in [2.75, 3.05) is 0 Å². The summed E-state index contributed by atoms with van der Waals surface area (Å²) in [7, 11) is 0. The maximum atomic E-state index is 12.4. The number of ether oxygens (including phenoxy) is 2. The highest BCUT2D eigenvalue weighted by atomic mass is 16.5. The van der Waals surface area contributed by atoms with E-state index in [-0.39, 0.29) is 23.4 Å². The number of allylic oxidation sites excluding steroid dienone is 8. The van der Waals surface area contributed by atoms with E-state index in [0.29, 0.717) is 24.7 Å². The summed E-state index contributed by atoms with van der Waals surface area (Å²) < 4.78 is 11.0. The number of benzene rings is 1. The lowest BCUT2D eigenvalue weighted by molar-refractivity contribution is -0.135. The van der Waals surface area contributed by atoms with Gasteiger partial charge in [0.2, 0.25) is 0 Å². The molecule has 0 N–H and O–H groups in total. The monoisotopic (exact) mass is 662 g/mol. The first-order valence-electron chi connectivity index (χ1n) is 19.2. The number of esters is 2. The van der Waals surface area contributed by atoms with E-state index in [0.717, 1.165) is 89.9 Å². The quantitative estimate of drug-likeness (QED) is 0.0260. The van der Waals surface area contributed by atoms with Crippen LogP contribution in [0.25, 0.3) is 0 Å². The molecule has 1 aromatic carbocycles. The van der Waals surface area contributed by atoms with Gasteiger partial charge in [0, 0.05) is 24.5 Å². The lowest BCUT2D eigenvalue weighted by Crippen LogP contribution is -2.10. The van der Waals surface area contributed by atoms with Gasteiger partial charge in [-0.1, -0.05) is 127 Å². The first-order chi connectivity index (χ1) is 23.6. The van der Waals surface area contributed by atoms with Crippen LogP contribution in [0.2, 0.25) is 0 Å². The fourth-order valence-corrected chi connectivity index (χ4v) is 5.31. The zero-order chi connectivity index (χ0) is 34.8. The van der Waals surface area contributed by atoms with Crippen molar-refractivity contribution in [3.63, 3.8) is 0 Å². The SMILES string of the molecule is CCCCC/C=C\C/C=C\CCCCCCCC(=O)Oc1cc(C=O)cc(OC(=O)CCCCCCC/C=C\C/C=C\CCCCC)c1. The predicted octanol–water partition coefficient (Wildman–Crippen LogP) is 12.9. The Labute approximate surface area is 293 Å². The molecule has 0 aromatic heterocycles. The third-order valence-electron chi connectivity index (χ3n) is 8.16. The fraction of sp³-hybridized carbons (Fsp3) is 0.605. The minimum Gasteiger partial charge on any atom is -0.426 e. The highest BCUT2D eigenvalue weighted by Crippen LogP contribution is 2.24. The van der Waals surface area contributed by atoms with Crippen molar-refractivity contribution in [2.24, 2.45) is 0 Å². The molecular weight excluding hydrogens is 596 g/mol. The molecule has 0 saturated carbocycles. The van der Waals surface area contributed by atoms with Gasteiger partial charge in [-0.25, -0.2) is 0 Å². The largest absolute Gasteiger partial charge is 0.426 e. The molecule has 0 bridgehead atoms. The fourth-order valence-electron chi connectivity index (χ4n) is 5.31.